The lowest BCUT2D eigenvalue weighted by Crippen LogP contribution is -2.48. The number of benzene rings is 1. The third kappa shape index (κ3) is 4.76. The summed E-state index contributed by atoms with van der Waals surface area (Å²) in [6.45, 7) is 9.48. The van der Waals surface area contributed by atoms with E-state index in [0.717, 1.165) is 24.0 Å². The van der Waals surface area contributed by atoms with E-state index < -0.39 is 6.10 Å². The molecule has 0 aliphatic heterocycles. The van der Waals surface area contributed by atoms with Crippen molar-refractivity contribution in [2.75, 3.05) is 0 Å². The van der Waals surface area contributed by atoms with Crippen LogP contribution >= 0.6 is 0 Å². The van der Waals surface area contributed by atoms with Crippen molar-refractivity contribution in [3.05, 3.63) is 29.3 Å². The van der Waals surface area contributed by atoms with Crippen LogP contribution in [-0.4, -0.2) is 17.9 Å². The number of ether oxygens (including phenoxy) is 1. The molecule has 0 heterocycles. The van der Waals surface area contributed by atoms with E-state index in [1.54, 1.807) is 6.92 Å². The minimum absolute atomic E-state index is 0.0875. The van der Waals surface area contributed by atoms with E-state index in [1.807, 2.05) is 45.9 Å². The Morgan fingerprint density at radius 2 is 1.68 bits per heavy atom. The van der Waals surface area contributed by atoms with Gasteiger partial charge in [-0.1, -0.05) is 26.0 Å². The second kappa shape index (κ2) is 8.41. The fraction of sp³-hybridized carbons (Fsp3) is 0.529. The van der Waals surface area contributed by atoms with Crippen molar-refractivity contribution in [1.82, 2.24) is 10.9 Å². The number of amides is 2. The van der Waals surface area contributed by atoms with E-state index in [4.69, 9.17) is 4.74 Å². The Morgan fingerprint density at radius 1 is 1.09 bits per heavy atom. The summed E-state index contributed by atoms with van der Waals surface area (Å²) in [4.78, 5) is 23.8. The quantitative estimate of drug-likeness (QED) is 0.794. The minimum atomic E-state index is -0.692. The first-order valence-corrected chi connectivity index (χ1v) is 7.73. The lowest BCUT2D eigenvalue weighted by atomic mass is 10.0. The molecule has 1 rings (SSSR count). The highest BCUT2D eigenvalue weighted by molar-refractivity contribution is 5.85. The average molecular weight is 306 g/mol. The lowest BCUT2D eigenvalue weighted by molar-refractivity contribution is -0.134. The highest BCUT2D eigenvalue weighted by atomic mass is 16.5. The van der Waals surface area contributed by atoms with Crippen LogP contribution in [0.3, 0.4) is 0 Å². The Bertz CT molecular complexity index is 525. The largest absolute Gasteiger partial charge is 0.481 e. The number of carbonyl (C=O) groups is 2. The van der Waals surface area contributed by atoms with Crippen LogP contribution < -0.4 is 15.6 Å². The summed E-state index contributed by atoms with van der Waals surface area (Å²) in [6.07, 6.45) is 0.793. The number of carbonyl (C=O) groups excluding carboxylic acids is 2. The molecule has 0 aromatic heterocycles. The Kier molecular flexibility index (Phi) is 6.89. The normalized spacial score (nSPS) is 11.9. The molecular weight excluding hydrogens is 280 g/mol. The number of aryl methyl sites for hydroxylation is 1. The first-order valence-electron chi connectivity index (χ1n) is 7.73. The Labute approximate surface area is 132 Å². The molecule has 5 heteroatoms. The van der Waals surface area contributed by atoms with Gasteiger partial charge in [0.1, 0.15) is 5.75 Å². The molecule has 1 unspecified atom stereocenters. The zero-order chi connectivity index (χ0) is 16.7. The fourth-order valence-electron chi connectivity index (χ4n) is 2.08. The van der Waals surface area contributed by atoms with Crippen molar-refractivity contribution < 1.29 is 14.3 Å². The molecule has 0 saturated carbocycles. The summed E-state index contributed by atoms with van der Waals surface area (Å²) in [5.41, 5.74) is 6.99. The van der Waals surface area contributed by atoms with Crippen LogP contribution in [0.5, 0.6) is 5.75 Å². The highest BCUT2D eigenvalue weighted by Gasteiger charge is 2.19. The van der Waals surface area contributed by atoms with Gasteiger partial charge in [-0.05, 0) is 50.8 Å². The van der Waals surface area contributed by atoms with Crippen LogP contribution in [0.25, 0.3) is 0 Å². The predicted octanol–water partition coefficient (Wildman–Crippen LogP) is 2.65. The maximum atomic E-state index is 12.0. The minimum Gasteiger partial charge on any atom is -0.481 e. The van der Waals surface area contributed by atoms with E-state index in [-0.39, 0.29) is 17.7 Å². The third-order valence-electron chi connectivity index (χ3n) is 3.89. The molecule has 122 valence electrons. The van der Waals surface area contributed by atoms with Gasteiger partial charge in [0.05, 0.1) is 0 Å². The van der Waals surface area contributed by atoms with Gasteiger partial charge in [-0.15, -0.1) is 0 Å². The molecule has 0 spiro atoms. The van der Waals surface area contributed by atoms with E-state index in [1.165, 1.54) is 0 Å². The summed E-state index contributed by atoms with van der Waals surface area (Å²) in [6, 6.07) is 5.70. The van der Waals surface area contributed by atoms with Crippen LogP contribution in [0.1, 0.15) is 44.7 Å². The molecule has 5 nitrogen and oxygen atoms in total. The summed E-state index contributed by atoms with van der Waals surface area (Å²) in [5.74, 6) is 0.0435. The molecule has 0 fully saturated rings. The molecule has 0 saturated heterocycles. The third-order valence-corrected chi connectivity index (χ3v) is 3.89. The van der Waals surface area contributed by atoms with Gasteiger partial charge >= 0.3 is 0 Å². The van der Waals surface area contributed by atoms with Gasteiger partial charge in [0.15, 0.2) is 6.10 Å². The molecule has 0 aliphatic carbocycles. The molecular formula is C17H26N2O3. The molecule has 2 amide bonds. The van der Waals surface area contributed by atoms with E-state index in [2.05, 4.69) is 10.9 Å². The van der Waals surface area contributed by atoms with Gasteiger partial charge < -0.3 is 4.74 Å². The van der Waals surface area contributed by atoms with Crippen molar-refractivity contribution in [3.8, 4) is 5.75 Å². The number of hydrogen-bond donors (Lipinski definition) is 2. The SMILES string of the molecule is CCC(CC)C(=O)NNC(=O)C(C)Oc1cccc(C)c1C. The van der Waals surface area contributed by atoms with Crippen molar-refractivity contribution in [3.63, 3.8) is 0 Å². The van der Waals surface area contributed by atoms with Crippen molar-refractivity contribution in [2.45, 2.75) is 53.6 Å². The van der Waals surface area contributed by atoms with Crippen LogP contribution in [0.4, 0.5) is 0 Å². The van der Waals surface area contributed by atoms with Gasteiger partial charge in [0.25, 0.3) is 5.91 Å². The number of hydrazine groups is 1. The number of rotatable bonds is 6. The average Bonchev–Trinajstić information content (AvgIpc) is 2.50. The molecule has 0 bridgehead atoms. The monoisotopic (exact) mass is 306 g/mol. The van der Waals surface area contributed by atoms with E-state index in [0.29, 0.717) is 5.75 Å². The van der Waals surface area contributed by atoms with Crippen LogP contribution in [0, 0.1) is 19.8 Å². The smallest absolute Gasteiger partial charge is 0.279 e. The summed E-state index contributed by atoms with van der Waals surface area (Å²) >= 11 is 0. The van der Waals surface area contributed by atoms with Gasteiger partial charge in [-0.3, -0.25) is 20.4 Å². The summed E-state index contributed by atoms with van der Waals surface area (Å²) in [5, 5.41) is 0. The Hall–Kier alpha value is -2.04. The summed E-state index contributed by atoms with van der Waals surface area (Å²) < 4.78 is 5.67. The second-order valence-electron chi connectivity index (χ2n) is 5.45. The molecule has 2 N–H and O–H groups in total. The van der Waals surface area contributed by atoms with Gasteiger partial charge in [0, 0.05) is 5.92 Å². The standard InChI is InChI=1S/C17H26N2O3/c1-6-14(7-2)17(21)19-18-16(20)13(5)22-15-10-8-9-11(3)12(15)4/h8-10,13-14H,6-7H2,1-5H3,(H,18,20)(H,19,21). The zero-order valence-corrected chi connectivity index (χ0v) is 14.0. The Balaban J connectivity index is 2.55. The molecule has 1 aromatic rings. The molecule has 0 radical (unpaired) electrons. The Morgan fingerprint density at radius 3 is 2.27 bits per heavy atom. The topological polar surface area (TPSA) is 67.4 Å². The number of hydrogen-bond acceptors (Lipinski definition) is 3. The lowest BCUT2D eigenvalue weighted by Gasteiger charge is -2.18. The van der Waals surface area contributed by atoms with Crippen molar-refractivity contribution in [2.24, 2.45) is 5.92 Å². The summed E-state index contributed by atoms with van der Waals surface area (Å²) in [7, 11) is 0. The maximum absolute atomic E-state index is 12.0. The van der Waals surface area contributed by atoms with Gasteiger partial charge in [-0.2, -0.15) is 0 Å². The molecule has 22 heavy (non-hydrogen) atoms. The van der Waals surface area contributed by atoms with Gasteiger partial charge in [0.2, 0.25) is 5.91 Å². The van der Waals surface area contributed by atoms with Crippen LogP contribution in [-0.2, 0) is 9.59 Å². The maximum Gasteiger partial charge on any atom is 0.279 e. The van der Waals surface area contributed by atoms with Gasteiger partial charge in [-0.25, -0.2) is 0 Å². The zero-order valence-electron chi connectivity index (χ0n) is 14.0. The second-order valence-corrected chi connectivity index (χ2v) is 5.45. The van der Waals surface area contributed by atoms with E-state index in [9.17, 15) is 9.59 Å². The van der Waals surface area contributed by atoms with E-state index >= 15 is 0 Å². The first kappa shape index (κ1) is 18.0. The highest BCUT2D eigenvalue weighted by Crippen LogP contribution is 2.21. The van der Waals surface area contributed by atoms with Crippen LogP contribution in [0.2, 0.25) is 0 Å². The predicted molar refractivity (Wildman–Crippen MR) is 86.4 cm³/mol. The molecule has 1 atom stereocenters. The first-order chi connectivity index (χ1) is 10.4. The molecule has 1 aromatic carbocycles. The number of nitrogens with one attached hydrogen (secondary N) is 2. The van der Waals surface area contributed by atoms with Crippen molar-refractivity contribution >= 4 is 11.8 Å². The van der Waals surface area contributed by atoms with Crippen molar-refractivity contribution in [1.29, 1.82) is 0 Å². The van der Waals surface area contributed by atoms with Crippen LogP contribution in [0.15, 0.2) is 18.2 Å². The fourth-order valence-corrected chi connectivity index (χ4v) is 2.08. The molecule has 0 aliphatic rings.